The Hall–Kier alpha value is -0.805. The monoisotopic (exact) mass is 270 g/mol. The highest BCUT2D eigenvalue weighted by Crippen LogP contribution is 2.18. The van der Waals surface area contributed by atoms with E-state index in [1.54, 1.807) is 14.1 Å². The first-order valence-electron chi connectivity index (χ1n) is 5.98. The van der Waals surface area contributed by atoms with Crippen molar-refractivity contribution < 1.29 is 9.84 Å². The normalized spacial score (nSPS) is 19.7. The second-order valence-electron chi connectivity index (χ2n) is 5.27. The predicted molar refractivity (Wildman–Crippen MR) is 76.0 cm³/mol. The molecule has 19 heavy (non-hydrogen) atoms. The van der Waals surface area contributed by atoms with Gasteiger partial charge in [-0.1, -0.05) is 0 Å². The minimum Gasteiger partial charge on any atom is -0.341 e. The molecule has 1 fully saturated rings. The van der Waals surface area contributed by atoms with E-state index in [1.165, 1.54) is 0 Å². The molecule has 1 saturated heterocycles. The average molecular weight is 270 g/mol. The second kappa shape index (κ2) is 6.10. The zero-order valence-electron chi connectivity index (χ0n) is 12.6. The van der Waals surface area contributed by atoms with Gasteiger partial charge in [-0.2, -0.15) is 0 Å². The molecular formula is C7H21B3N6O3. The summed E-state index contributed by atoms with van der Waals surface area (Å²) in [6.45, 7) is 0. The van der Waals surface area contributed by atoms with E-state index in [0.717, 1.165) is 0 Å². The van der Waals surface area contributed by atoms with Gasteiger partial charge in [0, 0.05) is 0 Å². The van der Waals surface area contributed by atoms with Crippen LogP contribution in [0, 0.1) is 10.1 Å². The standard InChI is InChI=1S/C7H21B3N6O3/c1-11(2)8-13(5)9(12(3)4)15(7)10(14(8)6)19-16(17)18/h1-7H3. The molecule has 0 spiro atoms. The quantitative estimate of drug-likeness (QED) is 0.332. The van der Waals surface area contributed by atoms with E-state index >= 15 is 0 Å². The first kappa shape index (κ1) is 16.2. The number of nitrogens with zero attached hydrogens (tertiary/aromatic N) is 6. The van der Waals surface area contributed by atoms with Crippen molar-refractivity contribution in [1.82, 2.24) is 23.8 Å². The lowest BCUT2D eigenvalue weighted by atomic mass is 9.58. The zero-order chi connectivity index (χ0) is 14.9. The molecule has 0 aliphatic carbocycles. The van der Waals surface area contributed by atoms with Crippen LogP contribution >= 0.6 is 0 Å². The van der Waals surface area contributed by atoms with Crippen LogP contribution in [0.2, 0.25) is 0 Å². The first-order chi connectivity index (χ1) is 8.68. The summed E-state index contributed by atoms with van der Waals surface area (Å²) < 4.78 is 10.5. The molecule has 1 aliphatic rings. The van der Waals surface area contributed by atoms with E-state index < -0.39 is 12.3 Å². The van der Waals surface area contributed by atoms with Gasteiger partial charge in [0.25, 0.3) is 5.09 Å². The Morgan fingerprint density at radius 1 is 0.947 bits per heavy atom. The molecule has 0 N–H and O–H groups in total. The van der Waals surface area contributed by atoms with Gasteiger partial charge in [-0.05, 0) is 49.3 Å². The van der Waals surface area contributed by atoms with E-state index in [2.05, 4.69) is 4.72 Å². The van der Waals surface area contributed by atoms with Gasteiger partial charge in [-0.25, -0.2) is 0 Å². The molecule has 9 nitrogen and oxygen atoms in total. The van der Waals surface area contributed by atoms with Crippen molar-refractivity contribution in [2.24, 2.45) is 0 Å². The average Bonchev–Trinajstić information content (AvgIpc) is 2.22. The fourth-order valence-corrected chi connectivity index (χ4v) is 2.89. The SMILES string of the molecule is CN(C)B1N(C)B(O[N+](=O)[O-])N(C)B(N(C)C)N1C. The Morgan fingerprint density at radius 3 is 1.58 bits per heavy atom. The Bertz CT molecular complexity index is 313. The third-order valence-corrected chi connectivity index (χ3v) is 3.26. The van der Waals surface area contributed by atoms with Crippen molar-refractivity contribution in [3.63, 3.8) is 0 Å². The van der Waals surface area contributed by atoms with Crippen LogP contribution in [0.5, 0.6) is 0 Å². The molecule has 0 aromatic rings. The molecule has 0 unspecified atom stereocenters. The van der Waals surface area contributed by atoms with Gasteiger partial charge >= 0.3 is 21.4 Å². The molecule has 106 valence electrons. The summed E-state index contributed by atoms with van der Waals surface area (Å²) in [6.07, 6.45) is 0. The Balaban J connectivity index is 3.08. The summed E-state index contributed by atoms with van der Waals surface area (Å²) in [5.41, 5.74) is 0. The van der Waals surface area contributed by atoms with E-state index in [4.69, 9.17) is 4.76 Å². The smallest absolute Gasteiger partial charge is 0.341 e. The van der Waals surface area contributed by atoms with Gasteiger partial charge < -0.3 is 28.5 Å². The Labute approximate surface area is 115 Å². The fraction of sp³-hybridized carbons (Fsp3) is 1.00. The highest BCUT2D eigenvalue weighted by Gasteiger charge is 2.53. The molecule has 1 rings (SSSR count). The Morgan fingerprint density at radius 2 is 1.32 bits per heavy atom. The molecule has 12 heteroatoms. The van der Waals surface area contributed by atoms with Crippen molar-refractivity contribution in [1.29, 1.82) is 0 Å². The highest BCUT2D eigenvalue weighted by molar-refractivity contribution is 6.82. The van der Waals surface area contributed by atoms with Gasteiger partial charge in [0.1, 0.15) is 0 Å². The van der Waals surface area contributed by atoms with Crippen LogP contribution in [0.25, 0.3) is 0 Å². The van der Waals surface area contributed by atoms with Gasteiger partial charge in [0.2, 0.25) is 0 Å². The van der Waals surface area contributed by atoms with Crippen molar-refractivity contribution in [2.75, 3.05) is 49.3 Å². The summed E-state index contributed by atoms with van der Waals surface area (Å²) in [5.74, 6) is 0. The van der Waals surface area contributed by atoms with Crippen LogP contribution in [-0.4, -0.2) is 99.6 Å². The van der Waals surface area contributed by atoms with Gasteiger partial charge in [0.05, 0.1) is 0 Å². The van der Waals surface area contributed by atoms with Crippen molar-refractivity contribution >= 4 is 21.4 Å². The summed E-state index contributed by atoms with van der Waals surface area (Å²) >= 11 is 0. The molecule has 0 amide bonds. The molecule has 1 heterocycles. The van der Waals surface area contributed by atoms with Crippen LogP contribution in [-0.2, 0) is 4.76 Å². The first-order valence-corrected chi connectivity index (χ1v) is 5.98. The molecule has 0 radical (unpaired) electrons. The van der Waals surface area contributed by atoms with E-state index in [-0.39, 0.29) is 14.2 Å². The lowest BCUT2D eigenvalue weighted by molar-refractivity contribution is -0.721. The summed E-state index contributed by atoms with van der Waals surface area (Å²) in [7, 11) is 12.4. The van der Waals surface area contributed by atoms with Crippen molar-refractivity contribution in [2.45, 2.75) is 0 Å². The molecule has 0 aromatic carbocycles. The van der Waals surface area contributed by atoms with Crippen molar-refractivity contribution in [3.05, 3.63) is 10.1 Å². The topological polar surface area (TPSA) is 68.6 Å². The minimum absolute atomic E-state index is 0.103. The summed E-state index contributed by atoms with van der Waals surface area (Å²) in [4.78, 5) is 14.7. The maximum atomic E-state index is 10.7. The maximum Gasteiger partial charge on any atom is 0.505 e. The predicted octanol–water partition coefficient (Wildman–Crippen LogP) is -1.92. The molecular weight excluding hydrogens is 249 g/mol. The number of hydrogen-bond acceptors (Lipinski definition) is 8. The maximum absolute atomic E-state index is 10.7. The van der Waals surface area contributed by atoms with E-state index in [0.29, 0.717) is 0 Å². The highest BCUT2D eigenvalue weighted by atomic mass is 16.9. The van der Waals surface area contributed by atoms with Crippen LogP contribution < -0.4 is 0 Å². The molecule has 1 aliphatic heterocycles. The fourth-order valence-electron chi connectivity index (χ4n) is 2.89. The summed E-state index contributed by atoms with van der Waals surface area (Å²) in [5, 5.41) is 9.93. The van der Waals surface area contributed by atoms with Crippen LogP contribution in [0.1, 0.15) is 0 Å². The molecule has 0 saturated carbocycles. The minimum atomic E-state index is -0.748. The number of rotatable bonds is 4. The lowest BCUT2D eigenvalue weighted by Gasteiger charge is -2.51. The van der Waals surface area contributed by atoms with E-state index in [9.17, 15) is 10.1 Å². The molecule has 0 atom stereocenters. The van der Waals surface area contributed by atoms with Gasteiger partial charge in [0.15, 0.2) is 0 Å². The van der Waals surface area contributed by atoms with Crippen molar-refractivity contribution in [3.8, 4) is 0 Å². The second-order valence-corrected chi connectivity index (χ2v) is 5.27. The zero-order valence-corrected chi connectivity index (χ0v) is 12.6. The van der Waals surface area contributed by atoms with E-state index in [1.807, 2.05) is 54.3 Å². The van der Waals surface area contributed by atoms with Crippen LogP contribution in [0.15, 0.2) is 0 Å². The third-order valence-electron chi connectivity index (χ3n) is 3.26. The molecule has 0 aromatic heterocycles. The third kappa shape index (κ3) is 3.21. The molecule has 0 bridgehead atoms. The van der Waals surface area contributed by atoms with Gasteiger partial charge in [-0.3, -0.25) is 0 Å². The Kier molecular flexibility index (Phi) is 5.22. The van der Waals surface area contributed by atoms with Crippen LogP contribution in [0.3, 0.4) is 0 Å². The lowest BCUT2D eigenvalue weighted by Crippen LogP contribution is -2.81. The van der Waals surface area contributed by atoms with Gasteiger partial charge in [-0.15, -0.1) is 10.1 Å². The largest absolute Gasteiger partial charge is 0.505 e. The van der Waals surface area contributed by atoms with Crippen LogP contribution in [0.4, 0.5) is 0 Å². The number of hydrogen-bond donors (Lipinski definition) is 0. The summed E-state index contributed by atoms with van der Waals surface area (Å²) in [6, 6.07) is 0.